The van der Waals surface area contributed by atoms with E-state index in [1.165, 1.54) is 6.20 Å². The number of aromatic nitrogens is 1. The third kappa shape index (κ3) is 4.94. The first-order valence-electron chi connectivity index (χ1n) is 6.77. The van der Waals surface area contributed by atoms with Crippen molar-refractivity contribution in [3.05, 3.63) is 57.7 Å². The lowest BCUT2D eigenvalue weighted by Gasteiger charge is -2.09. The van der Waals surface area contributed by atoms with Gasteiger partial charge in [-0.1, -0.05) is 53.5 Å². The monoisotopic (exact) mass is 352 g/mol. The van der Waals surface area contributed by atoms with E-state index in [0.29, 0.717) is 10.6 Å². The van der Waals surface area contributed by atoms with Gasteiger partial charge in [-0.15, -0.1) is 0 Å². The maximum absolute atomic E-state index is 11.8. The van der Waals surface area contributed by atoms with E-state index in [9.17, 15) is 9.59 Å². The van der Waals surface area contributed by atoms with Crippen LogP contribution in [0.4, 0.5) is 5.82 Å². The van der Waals surface area contributed by atoms with Gasteiger partial charge in [-0.05, 0) is 18.1 Å². The van der Waals surface area contributed by atoms with Gasteiger partial charge in [0.2, 0.25) is 0 Å². The molecule has 23 heavy (non-hydrogen) atoms. The summed E-state index contributed by atoms with van der Waals surface area (Å²) in [6, 6.07) is 9.12. The van der Waals surface area contributed by atoms with E-state index in [-0.39, 0.29) is 17.3 Å². The van der Waals surface area contributed by atoms with Crippen molar-refractivity contribution >= 4 is 40.9 Å². The summed E-state index contributed by atoms with van der Waals surface area (Å²) in [6.07, 6.45) is 1.49. The van der Waals surface area contributed by atoms with Gasteiger partial charge in [0.05, 0.1) is 16.5 Å². The SMILES string of the molecule is Cc1c(Cl)cnc(NC(=O)COC(=O)Cc2ccccc2)c1Cl. The molecular formula is C16H14Cl2N2O3. The van der Waals surface area contributed by atoms with Gasteiger partial charge in [0.1, 0.15) is 0 Å². The average Bonchev–Trinajstić information content (AvgIpc) is 2.54. The van der Waals surface area contributed by atoms with Gasteiger partial charge in [-0.25, -0.2) is 4.98 Å². The average molecular weight is 353 g/mol. The number of hydrogen-bond donors (Lipinski definition) is 1. The van der Waals surface area contributed by atoms with Gasteiger partial charge in [-0.2, -0.15) is 0 Å². The van der Waals surface area contributed by atoms with E-state index < -0.39 is 18.5 Å². The predicted molar refractivity (Wildman–Crippen MR) is 88.7 cm³/mol. The first-order valence-corrected chi connectivity index (χ1v) is 7.53. The second kappa shape index (κ2) is 7.94. The number of esters is 1. The number of pyridine rings is 1. The summed E-state index contributed by atoms with van der Waals surface area (Å²) in [5.74, 6) is -0.835. The Bertz CT molecular complexity index is 721. The van der Waals surface area contributed by atoms with Crippen LogP contribution in [0.5, 0.6) is 0 Å². The Morgan fingerprint density at radius 1 is 1.22 bits per heavy atom. The van der Waals surface area contributed by atoms with Gasteiger partial charge >= 0.3 is 5.97 Å². The van der Waals surface area contributed by atoms with Crippen LogP contribution in [-0.4, -0.2) is 23.5 Å². The maximum Gasteiger partial charge on any atom is 0.310 e. The van der Waals surface area contributed by atoms with Crippen molar-refractivity contribution in [2.24, 2.45) is 0 Å². The lowest BCUT2D eigenvalue weighted by Crippen LogP contribution is -2.22. The van der Waals surface area contributed by atoms with Crippen molar-refractivity contribution in [1.82, 2.24) is 4.98 Å². The number of carbonyl (C=O) groups is 2. The Kier molecular flexibility index (Phi) is 5.96. The van der Waals surface area contributed by atoms with Crippen LogP contribution in [0, 0.1) is 6.92 Å². The molecule has 1 amide bonds. The van der Waals surface area contributed by atoms with Crippen molar-refractivity contribution in [1.29, 1.82) is 0 Å². The largest absolute Gasteiger partial charge is 0.455 e. The molecule has 0 fully saturated rings. The minimum absolute atomic E-state index is 0.104. The van der Waals surface area contributed by atoms with Crippen LogP contribution in [-0.2, 0) is 20.7 Å². The molecule has 1 aromatic carbocycles. The van der Waals surface area contributed by atoms with E-state index in [4.69, 9.17) is 27.9 Å². The number of benzene rings is 1. The summed E-state index contributed by atoms with van der Waals surface area (Å²) < 4.78 is 4.93. The Balaban J connectivity index is 1.86. The molecule has 7 heteroatoms. The number of anilines is 1. The van der Waals surface area contributed by atoms with Crippen molar-refractivity contribution < 1.29 is 14.3 Å². The van der Waals surface area contributed by atoms with Crippen LogP contribution in [0.15, 0.2) is 36.5 Å². The van der Waals surface area contributed by atoms with Crippen molar-refractivity contribution in [2.75, 3.05) is 11.9 Å². The number of amides is 1. The fourth-order valence-corrected chi connectivity index (χ4v) is 2.16. The van der Waals surface area contributed by atoms with Crippen LogP contribution >= 0.6 is 23.2 Å². The van der Waals surface area contributed by atoms with E-state index in [2.05, 4.69) is 10.3 Å². The minimum atomic E-state index is -0.525. The predicted octanol–water partition coefficient (Wildman–Crippen LogP) is 3.42. The molecular weight excluding hydrogens is 339 g/mol. The van der Waals surface area contributed by atoms with E-state index in [0.717, 1.165) is 5.56 Å². The molecule has 0 aliphatic carbocycles. The molecule has 1 heterocycles. The fourth-order valence-electron chi connectivity index (χ4n) is 1.77. The molecule has 0 aliphatic rings. The van der Waals surface area contributed by atoms with E-state index >= 15 is 0 Å². The highest BCUT2D eigenvalue weighted by molar-refractivity contribution is 6.37. The number of carbonyl (C=O) groups excluding carboxylic acids is 2. The van der Waals surface area contributed by atoms with Crippen LogP contribution < -0.4 is 5.32 Å². The summed E-state index contributed by atoms with van der Waals surface area (Å²) >= 11 is 11.9. The normalized spacial score (nSPS) is 10.2. The summed E-state index contributed by atoms with van der Waals surface area (Å²) in [7, 11) is 0. The first-order chi connectivity index (χ1) is 11.0. The number of ether oxygens (including phenoxy) is 1. The van der Waals surface area contributed by atoms with E-state index in [1.54, 1.807) is 6.92 Å². The maximum atomic E-state index is 11.8. The molecule has 0 radical (unpaired) electrons. The number of hydrogen-bond acceptors (Lipinski definition) is 4. The molecule has 2 aromatic rings. The first kappa shape index (κ1) is 17.2. The highest BCUT2D eigenvalue weighted by Gasteiger charge is 2.13. The number of nitrogens with one attached hydrogen (secondary N) is 1. The molecule has 5 nitrogen and oxygen atoms in total. The molecule has 0 atom stereocenters. The Labute approximate surface area is 143 Å². The Hall–Kier alpha value is -2.11. The molecule has 0 bridgehead atoms. The zero-order chi connectivity index (χ0) is 16.8. The van der Waals surface area contributed by atoms with Crippen LogP contribution in [0.2, 0.25) is 10.0 Å². The van der Waals surface area contributed by atoms with Gasteiger partial charge in [0, 0.05) is 6.20 Å². The number of rotatable bonds is 5. The zero-order valence-corrected chi connectivity index (χ0v) is 13.8. The number of halogens is 2. The van der Waals surface area contributed by atoms with Crippen LogP contribution in [0.25, 0.3) is 0 Å². The summed E-state index contributed by atoms with van der Waals surface area (Å²) in [5, 5.41) is 3.14. The van der Waals surface area contributed by atoms with Gasteiger partial charge in [0.25, 0.3) is 5.91 Å². The quantitative estimate of drug-likeness (QED) is 0.837. The highest BCUT2D eigenvalue weighted by atomic mass is 35.5. The molecule has 0 aliphatic heterocycles. The molecule has 120 valence electrons. The Morgan fingerprint density at radius 2 is 1.91 bits per heavy atom. The molecule has 0 saturated carbocycles. The highest BCUT2D eigenvalue weighted by Crippen LogP contribution is 2.28. The zero-order valence-electron chi connectivity index (χ0n) is 12.3. The molecule has 0 spiro atoms. The second-order valence-electron chi connectivity index (χ2n) is 4.76. The minimum Gasteiger partial charge on any atom is -0.455 e. The van der Waals surface area contributed by atoms with Gasteiger partial charge in [0.15, 0.2) is 12.4 Å². The van der Waals surface area contributed by atoms with Crippen LogP contribution in [0.3, 0.4) is 0 Å². The van der Waals surface area contributed by atoms with Crippen molar-refractivity contribution in [3.63, 3.8) is 0 Å². The second-order valence-corrected chi connectivity index (χ2v) is 5.55. The lowest BCUT2D eigenvalue weighted by atomic mass is 10.2. The summed E-state index contributed by atoms with van der Waals surface area (Å²) in [5.41, 5.74) is 1.43. The third-order valence-electron chi connectivity index (χ3n) is 3.02. The third-order valence-corrected chi connectivity index (χ3v) is 3.86. The standard InChI is InChI=1S/C16H14Cl2N2O3/c1-10-12(17)8-19-16(15(10)18)20-13(21)9-23-14(22)7-11-5-3-2-4-6-11/h2-6,8H,7,9H2,1H3,(H,19,20,21). The fraction of sp³-hybridized carbons (Fsp3) is 0.188. The Morgan fingerprint density at radius 3 is 2.61 bits per heavy atom. The molecule has 1 N–H and O–H groups in total. The molecule has 0 saturated heterocycles. The van der Waals surface area contributed by atoms with Crippen LogP contribution in [0.1, 0.15) is 11.1 Å². The summed E-state index contributed by atoms with van der Waals surface area (Å²) in [4.78, 5) is 27.4. The van der Waals surface area contributed by atoms with Crippen molar-refractivity contribution in [3.8, 4) is 0 Å². The van der Waals surface area contributed by atoms with Gasteiger partial charge < -0.3 is 10.1 Å². The van der Waals surface area contributed by atoms with Gasteiger partial charge in [-0.3, -0.25) is 9.59 Å². The molecule has 0 unspecified atom stereocenters. The topological polar surface area (TPSA) is 68.3 Å². The molecule has 1 aromatic heterocycles. The van der Waals surface area contributed by atoms with E-state index in [1.807, 2.05) is 30.3 Å². The lowest BCUT2D eigenvalue weighted by molar-refractivity contribution is -0.146. The smallest absolute Gasteiger partial charge is 0.310 e. The molecule has 2 rings (SSSR count). The summed E-state index contributed by atoms with van der Waals surface area (Å²) in [6.45, 7) is 1.30. The number of nitrogens with zero attached hydrogens (tertiary/aromatic N) is 1. The van der Waals surface area contributed by atoms with Crippen molar-refractivity contribution in [2.45, 2.75) is 13.3 Å².